The number of hydrogen-bond donors (Lipinski definition) is 2. The highest BCUT2D eigenvalue weighted by molar-refractivity contribution is 7.45. The van der Waals surface area contributed by atoms with Gasteiger partial charge < -0.3 is 28.8 Å². The van der Waals surface area contributed by atoms with Gasteiger partial charge in [0.25, 0.3) is 7.82 Å². The van der Waals surface area contributed by atoms with Crippen molar-refractivity contribution in [1.82, 2.24) is 5.32 Å². The van der Waals surface area contributed by atoms with Crippen LogP contribution < -0.4 is 10.2 Å². The van der Waals surface area contributed by atoms with Gasteiger partial charge in [-0.1, -0.05) is 303 Å². The van der Waals surface area contributed by atoms with Gasteiger partial charge in [0.1, 0.15) is 13.2 Å². The number of rotatable bonds is 57. The van der Waals surface area contributed by atoms with Crippen LogP contribution in [0.25, 0.3) is 0 Å². The van der Waals surface area contributed by atoms with Crippen LogP contribution in [0.1, 0.15) is 322 Å². The summed E-state index contributed by atoms with van der Waals surface area (Å²) in [5.74, 6) is -0.156. The topological polar surface area (TPSA) is 108 Å². The molecule has 0 aliphatic carbocycles. The van der Waals surface area contributed by atoms with Crippen molar-refractivity contribution in [1.29, 1.82) is 0 Å². The van der Waals surface area contributed by atoms with E-state index < -0.39 is 20.0 Å². The van der Waals surface area contributed by atoms with Crippen LogP contribution in [0.2, 0.25) is 0 Å². The molecule has 0 rings (SSSR count). The summed E-state index contributed by atoms with van der Waals surface area (Å²) in [4.78, 5) is 25.6. The Labute approximate surface area is 425 Å². The van der Waals surface area contributed by atoms with E-state index in [0.717, 1.165) is 38.5 Å². The van der Waals surface area contributed by atoms with Gasteiger partial charge in [-0.25, -0.2) is 0 Å². The van der Waals surface area contributed by atoms with E-state index in [1.54, 1.807) is 0 Å². The maximum absolute atomic E-state index is 13.0. The number of nitrogens with one attached hydrogen (secondary N) is 1. The molecule has 68 heavy (non-hydrogen) atoms. The summed E-state index contributed by atoms with van der Waals surface area (Å²) in [5, 5.41) is 14.1. The summed E-state index contributed by atoms with van der Waals surface area (Å²) in [6.07, 6.45) is 61.4. The van der Waals surface area contributed by atoms with Crippen LogP contribution in [0.4, 0.5) is 0 Å². The summed E-state index contributed by atoms with van der Waals surface area (Å²) in [5.41, 5.74) is 0. The molecule has 0 saturated carbocycles. The number of hydrogen-bond acceptors (Lipinski definition) is 6. The molecule has 0 aliphatic heterocycles. The van der Waals surface area contributed by atoms with E-state index in [0.29, 0.717) is 23.9 Å². The Morgan fingerprint density at radius 3 is 1.00 bits per heavy atom. The predicted octanol–water partition coefficient (Wildman–Crippen LogP) is 17.8. The lowest BCUT2D eigenvalue weighted by Crippen LogP contribution is -2.46. The van der Waals surface area contributed by atoms with Crippen LogP contribution in [0, 0.1) is 0 Å². The lowest BCUT2D eigenvalue weighted by Gasteiger charge is -2.30. The second kappa shape index (κ2) is 51.4. The third-order valence-corrected chi connectivity index (χ3v) is 15.3. The lowest BCUT2D eigenvalue weighted by molar-refractivity contribution is -0.870. The number of quaternary nitrogens is 1. The van der Waals surface area contributed by atoms with Gasteiger partial charge in [0.2, 0.25) is 5.91 Å². The number of aliphatic hydroxyl groups excluding tert-OH is 1. The smallest absolute Gasteiger partial charge is 0.268 e. The first-order valence-corrected chi connectivity index (χ1v) is 31.8. The molecule has 0 heterocycles. The Bertz CT molecular complexity index is 1070. The molecule has 1 amide bonds. The number of carbonyl (C=O) groups excluding carboxylic acids is 1. The first-order chi connectivity index (χ1) is 33.0. The Morgan fingerprint density at radius 2 is 0.721 bits per heavy atom. The Morgan fingerprint density at radius 1 is 0.456 bits per heavy atom. The van der Waals surface area contributed by atoms with Crippen LogP contribution in [0.15, 0.2) is 0 Å². The first-order valence-electron chi connectivity index (χ1n) is 30.4. The molecule has 408 valence electrons. The number of unbranched alkanes of at least 4 members (excludes halogenated alkanes) is 44. The third kappa shape index (κ3) is 53.3. The van der Waals surface area contributed by atoms with Crippen LogP contribution in [-0.2, 0) is 18.4 Å². The number of carbonyl (C=O) groups is 1. The Kier molecular flexibility index (Phi) is 51.0. The summed E-state index contributed by atoms with van der Waals surface area (Å²) in [7, 11) is 1.33. The van der Waals surface area contributed by atoms with Crippen molar-refractivity contribution in [2.24, 2.45) is 0 Å². The minimum atomic E-state index is -4.57. The minimum Gasteiger partial charge on any atom is -0.756 e. The molecule has 3 unspecified atom stereocenters. The largest absolute Gasteiger partial charge is 0.756 e. The summed E-state index contributed by atoms with van der Waals surface area (Å²) in [6, 6.07) is -0.795. The molecule has 3 atom stereocenters. The normalized spacial score (nSPS) is 13.8. The predicted molar refractivity (Wildman–Crippen MR) is 293 cm³/mol. The van der Waals surface area contributed by atoms with Gasteiger partial charge in [-0.2, -0.15) is 0 Å². The number of nitrogens with zero attached hydrogens (tertiary/aromatic N) is 1. The van der Waals surface area contributed by atoms with E-state index in [2.05, 4.69) is 19.2 Å². The minimum absolute atomic E-state index is 0.0168. The SMILES string of the molecule is CCCCCCCCCCCCCCCCCCCCCCCCCCCC(O)C(COP(=O)([O-])OCC[N+](C)(C)C)NC(=O)CCCCCCCCCCCCCCCCCCCCCCC. The lowest BCUT2D eigenvalue weighted by atomic mass is 10.0. The van der Waals surface area contributed by atoms with Crippen LogP contribution in [0.5, 0.6) is 0 Å². The first kappa shape index (κ1) is 67.5. The highest BCUT2D eigenvalue weighted by atomic mass is 31.2. The van der Waals surface area contributed by atoms with Gasteiger partial charge in [-0.05, 0) is 12.8 Å². The second-order valence-electron chi connectivity index (χ2n) is 22.4. The van der Waals surface area contributed by atoms with E-state index in [1.807, 2.05) is 21.1 Å². The van der Waals surface area contributed by atoms with E-state index in [-0.39, 0.29) is 19.1 Å². The molecule has 0 aliphatic rings. The molecule has 8 nitrogen and oxygen atoms in total. The number of phosphoric ester groups is 1. The van der Waals surface area contributed by atoms with Gasteiger partial charge in [0, 0.05) is 6.42 Å². The fourth-order valence-corrected chi connectivity index (χ4v) is 10.3. The maximum atomic E-state index is 13.0. The average molecular weight is 986 g/mol. The third-order valence-electron chi connectivity index (χ3n) is 14.3. The van der Waals surface area contributed by atoms with Crippen molar-refractivity contribution in [3.05, 3.63) is 0 Å². The Balaban J connectivity index is 4.09. The molecule has 0 fully saturated rings. The molecule has 0 aromatic rings. The number of likely N-dealkylation sites (N-methyl/N-ethyl adjacent to an activating group) is 1. The van der Waals surface area contributed by atoms with E-state index in [4.69, 9.17) is 9.05 Å². The molecule has 0 bridgehead atoms. The van der Waals surface area contributed by atoms with Crippen molar-refractivity contribution >= 4 is 13.7 Å². The summed E-state index contributed by atoms with van der Waals surface area (Å²) >= 11 is 0. The van der Waals surface area contributed by atoms with Gasteiger partial charge in [0.15, 0.2) is 0 Å². The monoisotopic (exact) mass is 985 g/mol. The molecule has 2 N–H and O–H groups in total. The average Bonchev–Trinajstić information content (AvgIpc) is 3.30. The number of phosphoric acid groups is 1. The standard InChI is InChI=1S/C59H121N2O6P/c1-6-8-10-12-14-16-18-20-22-24-26-28-29-30-31-33-34-36-38-40-42-44-46-48-50-52-58(62)57(56-67-68(64,65)66-55-54-61(3,4)5)60-59(63)53-51-49-47-45-43-41-39-37-35-32-27-25-23-21-19-17-15-13-11-9-7-2/h57-58,62H,6-56H2,1-5H3,(H-,60,63,64,65). The molecule has 0 spiro atoms. The van der Waals surface area contributed by atoms with E-state index in [9.17, 15) is 19.4 Å². The van der Waals surface area contributed by atoms with Crippen molar-refractivity contribution in [2.75, 3.05) is 40.9 Å². The zero-order valence-electron chi connectivity index (χ0n) is 46.6. The fourth-order valence-electron chi connectivity index (χ4n) is 9.57. The number of aliphatic hydroxyl groups is 1. The fraction of sp³-hybridized carbons (Fsp3) is 0.983. The molecule has 0 aromatic carbocycles. The van der Waals surface area contributed by atoms with Crippen LogP contribution >= 0.6 is 7.82 Å². The van der Waals surface area contributed by atoms with E-state index in [1.165, 1.54) is 257 Å². The molecule has 0 radical (unpaired) electrons. The zero-order valence-corrected chi connectivity index (χ0v) is 47.5. The van der Waals surface area contributed by atoms with Crippen LogP contribution in [0.3, 0.4) is 0 Å². The molecular weight excluding hydrogens is 864 g/mol. The van der Waals surface area contributed by atoms with Gasteiger partial charge in [0.05, 0.1) is 39.9 Å². The quantitative estimate of drug-likeness (QED) is 0.0357. The summed E-state index contributed by atoms with van der Waals surface area (Å²) < 4.78 is 23.5. The summed E-state index contributed by atoms with van der Waals surface area (Å²) in [6.45, 7) is 4.79. The van der Waals surface area contributed by atoms with Gasteiger partial charge in [-0.15, -0.1) is 0 Å². The molecular formula is C59H121N2O6P. The van der Waals surface area contributed by atoms with E-state index >= 15 is 0 Å². The van der Waals surface area contributed by atoms with Gasteiger partial charge >= 0.3 is 0 Å². The van der Waals surface area contributed by atoms with Gasteiger partial charge in [-0.3, -0.25) is 9.36 Å². The number of amides is 1. The Hall–Kier alpha value is -0.500. The second-order valence-corrected chi connectivity index (χ2v) is 23.8. The molecule has 0 saturated heterocycles. The van der Waals surface area contributed by atoms with Crippen molar-refractivity contribution < 1.29 is 32.9 Å². The zero-order chi connectivity index (χ0) is 49.9. The highest BCUT2D eigenvalue weighted by Gasteiger charge is 2.24. The maximum Gasteiger partial charge on any atom is 0.268 e. The highest BCUT2D eigenvalue weighted by Crippen LogP contribution is 2.38. The van der Waals surface area contributed by atoms with Crippen molar-refractivity contribution in [2.45, 2.75) is 334 Å². The van der Waals surface area contributed by atoms with Crippen molar-refractivity contribution in [3.8, 4) is 0 Å². The van der Waals surface area contributed by atoms with Crippen LogP contribution in [-0.4, -0.2) is 68.5 Å². The van der Waals surface area contributed by atoms with Crippen molar-refractivity contribution in [3.63, 3.8) is 0 Å². The molecule has 0 aromatic heterocycles. The molecule has 9 heteroatoms.